The summed E-state index contributed by atoms with van der Waals surface area (Å²) in [7, 11) is 0. The first kappa shape index (κ1) is 75.9. The van der Waals surface area contributed by atoms with Gasteiger partial charge in [0.2, 0.25) is 0 Å². The largest absolute Gasteiger partial charge is 1.00 e. The number of carbonyl (C=O) groups excluding carboxylic acids is 1. The number of rotatable bonds is 48. The molecule has 2 aromatic rings. The Balaban J connectivity index is 0. The molecule has 10 heteroatoms. The van der Waals surface area contributed by atoms with Crippen LogP contribution in [0.4, 0.5) is 0 Å². The maximum atomic E-state index is 10.2. The molecular formula is C66H123ClN2O7. The minimum atomic E-state index is -1.12. The van der Waals surface area contributed by atoms with Gasteiger partial charge in [0.05, 0.1) is 13.2 Å². The Bertz CT molecular complexity index is 1330. The molecule has 3 rings (SSSR count). The summed E-state index contributed by atoms with van der Waals surface area (Å²) in [6.45, 7) is 8.74. The van der Waals surface area contributed by atoms with E-state index in [9.17, 15) is 9.90 Å². The van der Waals surface area contributed by atoms with E-state index in [0.29, 0.717) is 0 Å². The quantitative estimate of drug-likeness (QED) is 0.0382. The van der Waals surface area contributed by atoms with Crippen LogP contribution < -0.4 is 26.6 Å². The number of aryl methyl sites for hydroxylation is 2. The molecule has 1 aliphatic rings. The first-order valence-corrected chi connectivity index (χ1v) is 32.1. The summed E-state index contributed by atoms with van der Waals surface area (Å²) in [5, 5.41) is 45.8. The van der Waals surface area contributed by atoms with Crippen LogP contribution in [0.2, 0.25) is 0 Å². The number of nitrogens with zero attached hydrogens (tertiary/aromatic N) is 2. The Kier molecular flexibility index (Phi) is 62.0. The Labute approximate surface area is 475 Å². The topological polar surface area (TPSA) is 138 Å². The molecule has 3 heterocycles. The average Bonchev–Trinajstić information content (AvgIpc) is 3.77. The number of aliphatic hydroxyl groups excluding tert-OH is 4. The molecule has 76 heavy (non-hydrogen) atoms. The van der Waals surface area contributed by atoms with Crippen molar-refractivity contribution in [1.82, 2.24) is 0 Å². The maximum Gasteiger partial charge on any atom is 0.168 e. The molecular weight excluding hydrogens is 968 g/mol. The lowest BCUT2D eigenvalue weighted by atomic mass is 10.0. The number of hydrogen-bond acceptors (Lipinski definition) is 7. The number of pyridine rings is 2. The van der Waals surface area contributed by atoms with E-state index in [1.54, 1.807) is 0 Å². The van der Waals surface area contributed by atoms with Crippen molar-refractivity contribution in [2.45, 2.75) is 341 Å². The highest BCUT2D eigenvalue weighted by atomic mass is 35.5. The Morgan fingerprint density at radius 1 is 0.447 bits per heavy atom. The van der Waals surface area contributed by atoms with Crippen molar-refractivity contribution < 1.29 is 56.6 Å². The van der Waals surface area contributed by atoms with Gasteiger partial charge in [0.1, 0.15) is 37.5 Å². The van der Waals surface area contributed by atoms with E-state index < -0.39 is 37.0 Å². The number of aromatic nitrogens is 2. The van der Waals surface area contributed by atoms with E-state index in [0.717, 1.165) is 12.8 Å². The normalized spacial score (nSPS) is 15.1. The number of ether oxygens (including phenoxy) is 1. The van der Waals surface area contributed by atoms with Crippen LogP contribution in [0.3, 0.4) is 0 Å². The highest BCUT2D eigenvalue weighted by Gasteiger charge is 2.38. The molecule has 0 spiro atoms. The molecule has 0 unspecified atom stereocenters. The predicted molar refractivity (Wildman–Crippen MR) is 313 cm³/mol. The third kappa shape index (κ3) is 53.8. The lowest BCUT2D eigenvalue weighted by molar-refractivity contribution is -0.697. The van der Waals surface area contributed by atoms with Gasteiger partial charge < -0.3 is 47.5 Å². The van der Waals surface area contributed by atoms with Crippen LogP contribution in [-0.4, -0.2) is 64.0 Å². The van der Waals surface area contributed by atoms with Gasteiger partial charge in [-0.2, -0.15) is 0 Å². The number of hydrogen-bond donors (Lipinski definition) is 4. The summed E-state index contributed by atoms with van der Waals surface area (Å²) in [5.41, 5.74) is 0. The zero-order valence-corrected chi connectivity index (χ0v) is 50.6. The first-order chi connectivity index (χ1) is 36.8. The molecule has 0 aliphatic carbocycles. The van der Waals surface area contributed by atoms with Crippen LogP contribution >= 0.6 is 0 Å². The third-order valence-corrected chi connectivity index (χ3v) is 14.8. The highest BCUT2D eigenvalue weighted by molar-refractivity contribution is 5.64. The minimum absolute atomic E-state index is 0. The fraction of sp³-hybridized carbons (Fsp3) is 0.833. The molecule has 9 nitrogen and oxygen atoms in total. The molecule has 1 saturated heterocycles. The SMILES string of the molecule is CCCCCCCCCCCCCCCCCC(=O)[O-].CCCCCCCCCCCCCCCC[n+]1ccccc1.CCCCCCCCCCCCCCCC[n+]1ccccc1.OC[C@@H](O)[C@H]1OC[C@H](O)[C@H]1O.[Cl-]. The van der Waals surface area contributed by atoms with Gasteiger partial charge in [-0.1, -0.05) is 277 Å². The summed E-state index contributed by atoms with van der Waals surface area (Å²) in [6.07, 6.45) is 64.7. The number of halogens is 1. The van der Waals surface area contributed by atoms with E-state index in [1.807, 2.05) is 0 Å². The first-order valence-electron chi connectivity index (χ1n) is 32.1. The smallest absolute Gasteiger partial charge is 0.168 e. The van der Waals surface area contributed by atoms with Crippen LogP contribution in [-0.2, 0) is 22.6 Å². The minimum Gasteiger partial charge on any atom is -1.00 e. The molecule has 0 aromatic carbocycles. The second kappa shape index (κ2) is 62.1. The number of carboxylic acid groups (broad SMARTS) is 1. The van der Waals surface area contributed by atoms with E-state index >= 15 is 0 Å². The van der Waals surface area contributed by atoms with Gasteiger partial charge in [-0.3, -0.25) is 0 Å². The number of unbranched alkanes of at least 4 members (excludes halogenated alkanes) is 40. The number of aliphatic carboxylic acids is 1. The zero-order chi connectivity index (χ0) is 54.8. The Hall–Kier alpha value is -2.14. The van der Waals surface area contributed by atoms with Gasteiger partial charge >= 0.3 is 0 Å². The van der Waals surface area contributed by atoms with Crippen molar-refractivity contribution >= 4 is 5.97 Å². The number of carboxylic acids is 1. The van der Waals surface area contributed by atoms with Crippen molar-refractivity contribution in [3.63, 3.8) is 0 Å². The molecule has 2 aromatic heterocycles. The van der Waals surface area contributed by atoms with E-state index in [2.05, 4.69) is 91.1 Å². The summed E-state index contributed by atoms with van der Waals surface area (Å²) in [5.74, 6) is -0.903. The summed E-state index contributed by atoms with van der Waals surface area (Å²) in [6, 6.07) is 12.6. The second-order valence-corrected chi connectivity index (χ2v) is 22.1. The lowest BCUT2D eigenvalue weighted by Gasteiger charge is -2.18. The summed E-state index contributed by atoms with van der Waals surface area (Å²) >= 11 is 0. The van der Waals surface area contributed by atoms with Crippen LogP contribution in [0.15, 0.2) is 61.2 Å². The van der Waals surface area contributed by atoms with E-state index in [-0.39, 0.29) is 25.4 Å². The molecule has 0 bridgehead atoms. The zero-order valence-electron chi connectivity index (χ0n) is 49.8. The number of carbonyl (C=O) groups is 1. The molecule has 446 valence electrons. The van der Waals surface area contributed by atoms with Crippen molar-refractivity contribution in [2.24, 2.45) is 0 Å². The predicted octanol–water partition coefficient (Wildman–Crippen LogP) is 12.4. The monoisotopic (exact) mass is 1090 g/mol. The average molecular weight is 1090 g/mol. The molecule has 0 radical (unpaired) electrons. The van der Waals surface area contributed by atoms with Gasteiger partial charge in [-0.25, -0.2) is 9.13 Å². The van der Waals surface area contributed by atoms with E-state index in [4.69, 9.17) is 25.2 Å². The Morgan fingerprint density at radius 2 is 0.697 bits per heavy atom. The Morgan fingerprint density at radius 3 is 0.921 bits per heavy atom. The standard InChI is InChI=1S/2C21H38N.C18H36O2.C6H12O5.ClH/c2*1-2-3-4-5-6-7-8-9-10-11-12-13-14-16-19-22-20-17-15-18-21-22;1-2-3-4-5-6-7-8-9-10-11-12-13-14-15-16-17-18(19)20;7-1-3(8)6-5(10)4(9)2-11-6;/h2*15,17-18,20-21H,2-14,16,19H2,1H3;2-17H2,1H3,(H,19,20);3-10H,1-2H2;1H/q2*+1;;;/p-2/t;;;3-,4+,5-,6-;/m...1./s1. The molecule has 1 aliphatic heterocycles. The second-order valence-electron chi connectivity index (χ2n) is 22.1. The van der Waals surface area contributed by atoms with Gasteiger partial charge in [0, 0.05) is 43.1 Å². The van der Waals surface area contributed by atoms with Gasteiger partial charge in [-0.05, 0) is 25.7 Å². The van der Waals surface area contributed by atoms with Gasteiger partial charge in [-0.15, -0.1) is 0 Å². The van der Waals surface area contributed by atoms with Crippen molar-refractivity contribution in [2.75, 3.05) is 13.2 Å². The summed E-state index contributed by atoms with van der Waals surface area (Å²) < 4.78 is 9.40. The van der Waals surface area contributed by atoms with Gasteiger partial charge in [0.15, 0.2) is 24.8 Å². The van der Waals surface area contributed by atoms with Crippen LogP contribution in [0, 0.1) is 0 Å². The summed E-state index contributed by atoms with van der Waals surface area (Å²) in [4.78, 5) is 10.2. The fourth-order valence-electron chi connectivity index (χ4n) is 9.85. The van der Waals surface area contributed by atoms with Crippen LogP contribution in [0.1, 0.15) is 303 Å². The molecule has 0 amide bonds. The maximum absolute atomic E-state index is 10.2. The molecule has 0 saturated carbocycles. The van der Waals surface area contributed by atoms with Crippen LogP contribution in [0.25, 0.3) is 0 Å². The van der Waals surface area contributed by atoms with Crippen LogP contribution in [0.5, 0.6) is 0 Å². The van der Waals surface area contributed by atoms with Crippen molar-refractivity contribution in [3.05, 3.63) is 61.2 Å². The fourth-order valence-corrected chi connectivity index (χ4v) is 9.85. The van der Waals surface area contributed by atoms with E-state index in [1.165, 1.54) is 276 Å². The third-order valence-electron chi connectivity index (χ3n) is 14.8. The van der Waals surface area contributed by atoms with Gasteiger partial charge in [0.25, 0.3) is 0 Å². The highest BCUT2D eigenvalue weighted by Crippen LogP contribution is 2.18. The molecule has 4 atom stereocenters. The lowest BCUT2D eigenvalue weighted by Crippen LogP contribution is -3.00. The van der Waals surface area contributed by atoms with Crippen molar-refractivity contribution in [1.29, 1.82) is 0 Å². The molecule has 4 N–H and O–H groups in total. The number of aliphatic hydroxyl groups is 4. The molecule has 1 fully saturated rings. The van der Waals surface area contributed by atoms with Crippen molar-refractivity contribution in [3.8, 4) is 0 Å².